The lowest BCUT2D eigenvalue weighted by molar-refractivity contribution is -0.137. The van der Waals surface area contributed by atoms with Gasteiger partial charge in [0.05, 0.1) is 17.5 Å². The molecule has 0 aromatic heterocycles. The largest absolute Gasteiger partial charge is 0.507 e. The number of carbonyl (C=O) groups excluding carboxylic acids is 3. The third-order valence-corrected chi connectivity index (χ3v) is 8.62. The Balaban J connectivity index is 1.62. The lowest BCUT2D eigenvalue weighted by Crippen LogP contribution is -2.55. The predicted octanol–water partition coefficient (Wildman–Crippen LogP) is 3.11. The Kier molecular flexibility index (Phi) is 6.61. The number of benzene rings is 2. The van der Waals surface area contributed by atoms with Gasteiger partial charge in [-0.15, -0.1) is 0 Å². The van der Waals surface area contributed by atoms with Gasteiger partial charge in [0.1, 0.15) is 29.4 Å². The molecular formula is C28H27IN2O6. The first kappa shape index (κ1) is 25.5. The Morgan fingerprint density at radius 3 is 2.46 bits per heavy atom. The Labute approximate surface area is 227 Å². The minimum atomic E-state index is -1.18. The fraction of sp³-hybridized carbons (Fsp3) is 0.321. The zero-order valence-electron chi connectivity index (χ0n) is 20.4. The molecule has 0 saturated heterocycles. The van der Waals surface area contributed by atoms with Crippen LogP contribution in [-0.2, 0) is 32.1 Å². The van der Waals surface area contributed by atoms with Gasteiger partial charge in [-0.1, -0.05) is 30.3 Å². The number of carbonyl (C=O) groups is 3. The number of ether oxygens (including phenoxy) is 1. The van der Waals surface area contributed by atoms with E-state index in [2.05, 4.69) is 22.6 Å². The van der Waals surface area contributed by atoms with Crippen LogP contribution in [0.15, 0.2) is 59.4 Å². The number of primary amides is 1. The number of phenols is 1. The van der Waals surface area contributed by atoms with Gasteiger partial charge in [-0.2, -0.15) is 0 Å². The van der Waals surface area contributed by atoms with E-state index >= 15 is 0 Å². The van der Waals surface area contributed by atoms with Crippen LogP contribution < -0.4 is 5.73 Å². The number of fused-ring (bicyclic) bond motifs is 3. The Morgan fingerprint density at radius 2 is 1.81 bits per heavy atom. The van der Waals surface area contributed by atoms with Crippen LogP contribution in [0.25, 0.3) is 5.76 Å². The van der Waals surface area contributed by atoms with Gasteiger partial charge in [0, 0.05) is 9.14 Å². The zero-order valence-corrected chi connectivity index (χ0v) is 22.6. The van der Waals surface area contributed by atoms with Crippen molar-refractivity contribution in [3.8, 4) is 5.75 Å². The molecule has 1 saturated carbocycles. The topological polar surface area (TPSA) is 130 Å². The highest BCUT2D eigenvalue weighted by atomic mass is 127. The summed E-state index contributed by atoms with van der Waals surface area (Å²) in [5, 5.41) is 21.6. The molecule has 1 fully saturated rings. The second-order valence-corrected chi connectivity index (χ2v) is 11.1. The van der Waals surface area contributed by atoms with E-state index in [1.165, 1.54) is 6.07 Å². The van der Waals surface area contributed by atoms with Gasteiger partial charge in [0.2, 0.25) is 0 Å². The number of nitrogens with two attached hydrogens (primary N) is 1. The lowest BCUT2D eigenvalue weighted by Gasteiger charge is -2.47. The van der Waals surface area contributed by atoms with Gasteiger partial charge in [0.15, 0.2) is 11.6 Å². The van der Waals surface area contributed by atoms with E-state index in [4.69, 9.17) is 10.5 Å². The van der Waals surface area contributed by atoms with E-state index in [1.54, 1.807) is 6.07 Å². The van der Waals surface area contributed by atoms with E-state index in [1.807, 2.05) is 49.3 Å². The highest BCUT2D eigenvalue weighted by Gasteiger charge is 2.56. The number of rotatable bonds is 5. The third kappa shape index (κ3) is 4.14. The normalized spacial score (nSPS) is 25.1. The average molecular weight is 614 g/mol. The summed E-state index contributed by atoms with van der Waals surface area (Å²) in [7, 11) is 3.62. The number of aromatic hydroxyl groups is 1. The van der Waals surface area contributed by atoms with E-state index < -0.39 is 35.4 Å². The molecule has 192 valence electrons. The summed E-state index contributed by atoms with van der Waals surface area (Å²) in [6, 6.07) is 12.1. The molecular weight excluding hydrogens is 587 g/mol. The second-order valence-electron chi connectivity index (χ2n) is 9.98. The molecule has 0 radical (unpaired) electrons. The molecule has 0 bridgehead atoms. The maximum Gasteiger partial charge on any atom is 0.255 e. The van der Waals surface area contributed by atoms with Crippen molar-refractivity contribution >= 4 is 45.8 Å². The molecule has 1 amide bonds. The van der Waals surface area contributed by atoms with Crippen LogP contribution in [0.5, 0.6) is 5.75 Å². The van der Waals surface area contributed by atoms with Crippen LogP contribution in [-0.4, -0.2) is 52.7 Å². The summed E-state index contributed by atoms with van der Waals surface area (Å²) in [5.74, 6) is -4.41. The molecule has 2 aromatic rings. The molecule has 0 spiro atoms. The first-order valence-corrected chi connectivity index (χ1v) is 13.1. The van der Waals surface area contributed by atoms with E-state index in [9.17, 15) is 24.6 Å². The van der Waals surface area contributed by atoms with Crippen LogP contribution in [0.3, 0.4) is 0 Å². The number of hydrogen-bond donors (Lipinski definition) is 3. The van der Waals surface area contributed by atoms with Crippen LogP contribution in [0.4, 0.5) is 0 Å². The number of Topliss-reactive ketones (excluding diaryl/α,β-unsaturated/α-hetero) is 2. The summed E-state index contributed by atoms with van der Waals surface area (Å²) < 4.78 is 7.00. The first-order chi connectivity index (χ1) is 17.6. The van der Waals surface area contributed by atoms with Crippen molar-refractivity contribution < 1.29 is 29.3 Å². The van der Waals surface area contributed by atoms with Crippen molar-refractivity contribution in [3.05, 3.63) is 79.6 Å². The minimum absolute atomic E-state index is 0.121. The van der Waals surface area contributed by atoms with Crippen molar-refractivity contribution in [1.82, 2.24) is 4.90 Å². The van der Waals surface area contributed by atoms with E-state index in [0.717, 1.165) is 14.7 Å². The molecule has 4 N–H and O–H groups in total. The van der Waals surface area contributed by atoms with E-state index in [0.29, 0.717) is 12.8 Å². The summed E-state index contributed by atoms with van der Waals surface area (Å²) >= 11 is 2.15. The number of amides is 1. The molecule has 3 aliphatic rings. The van der Waals surface area contributed by atoms with Crippen LogP contribution in [0.2, 0.25) is 0 Å². The number of likely N-dealkylation sites (N-methyl/N-ethyl adjacent to an activating group) is 1. The smallest absolute Gasteiger partial charge is 0.255 e. The fourth-order valence-corrected chi connectivity index (χ4v) is 6.76. The Morgan fingerprint density at radius 1 is 1.11 bits per heavy atom. The highest BCUT2D eigenvalue weighted by molar-refractivity contribution is 14.1. The molecule has 0 heterocycles. The zero-order chi connectivity index (χ0) is 26.6. The fourth-order valence-electron chi connectivity index (χ4n) is 6.09. The maximum atomic E-state index is 13.9. The number of aliphatic hydroxyl groups excluding tert-OH is 1. The van der Waals surface area contributed by atoms with E-state index in [-0.39, 0.29) is 46.5 Å². The number of phenolic OH excluding ortho intramolecular Hbond substituents is 1. The molecule has 2 aromatic carbocycles. The van der Waals surface area contributed by atoms with Crippen LogP contribution >= 0.6 is 22.6 Å². The third-order valence-electron chi connectivity index (χ3n) is 7.61. The van der Waals surface area contributed by atoms with Gasteiger partial charge in [-0.05, 0) is 84.6 Å². The summed E-state index contributed by atoms with van der Waals surface area (Å²) in [6.45, 7) is 0.135. The van der Waals surface area contributed by atoms with Gasteiger partial charge >= 0.3 is 0 Å². The monoisotopic (exact) mass is 614 g/mol. The van der Waals surface area contributed by atoms with Crippen LogP contribution in [0.1, 0.15) is 23.1 Å². The van der Waals surface area contributed by atoms with Gasteiger partial charge in [0.25, 0.3) is 5.91 Å². The minimum Gasteiger partial charge on any atom is -0.507 e. The molecule has 8 nitrogen and oxygen atoms in total. The molecule has 9 heteroatoms. The quantitative estimate of drug-likeness (QED) is 0.268. The van der Waals surface area contributed by atoms with Crippen molar-refractivity contribution in [2.45, 2.75) is 25.5 Å². The summed E-state index contributed by atoms with van der Waals surface area (Å²) in [6.07, 6.45) is 0.858. The van der Waals surface area contributed by atoms with Gasteiger partial charge in [-0.3, -0.25) is 19.3 Å². The number of hydrogen-bond acceptors (Lipinski definition) is 7. The van der Waals surface area contributed by atoms with Crippen molar-refractivity contribution in [3.63, 3.8) is 0 Å². The molecule has 0 aliphatic heterocycles. The van der Waals surface area contributed by atoms with Crippen molar-refractivity contribution in [2.24, 2.45) is 23.5 Å². The SMILES string of the molecule is CN(C)[C@@H]1C(OCc2ccccc2)=C(C(N)=O)C(=O)C2C(=O)C3=C(O)c4c(O)ccc(I)c4C[C@H]3C[C@H]21. The average Bonchev–Trinajstić information content (AvgIpc) is 2.84. The first-order valence-electron chi connectivity index (χ1n) is 12.0. The molecule has 37 heavy (non-hydrogen) atoms. The van der Waals surface area contributed by atoms with Crippen molar-refractivity contribution in [2.75, 3.05) is 14.1 Å². The molecule has 3 aliphatic carbocycles. The lowest BCUT2D eigenvalue weighted by atomic mass is 9.59. The highest BCUT2D eigenvalue weighted by Crippen LogP contribution is 2.51. The number of ketones is 2. The Bertz CT molecular complexity index is 1380. The summed E-state index contributed by atoms with van der Waals surface area (Å²) in [4.78, 5) is 42.0. The van der Waals surface area contributed by atoms with Gasteiger partial charge < -0.3 is 20.7 Å². The Hall–Kier alpha value is -3.18. The standard InChI is InChI=1S/C28H27IN2O6/c1-31(2)23-16-11-14-10-15-17(29)8-9-18(32)20(15)24(33)19(14)25(34)21(16)26(35)22(28(30)36)27(23)37-12-13-6-4-3-5-7-13/h3-9,14,16,21,23,32-33H,10-12H2,1-2H3,(H2,30,36)/t14-,16+,21?,23-/m0/s1. The van der Waals surface area contributed by atoms with Crippen LogP contribution in [0, 0.1) is 21.3 Å². The number of nitrogens with zero attached hydrogens (tertiary/aromatic N) is 1. The second kappa shape index (κ2) is 9.60. The van der Waals surface area contributed by atoms with Crippen molar-refractivity contribution in [1.29, 1.82) is 0 Å². The number of aliphatic hydroxyl groups is 1. The number of allylic oxidation sites excluding steroid dienone is 1. The predicted molar refractivity (Wildman–Crippen MR) is 144 cm³/mol. The summed E-state index contributed by atoms with van der Waals surface area (Å²) in [5.41, 5.74) is 7.37. The molecule has 1 unspecified atom stereocenters. The van der Waals surface area contributed by atoms with Gasteiger partial charge in [-0.25, -0.2) is 0 Å². The molecule has 4 atom stereocenters. The maximum absolute atomic E-state index is 13.9. The molecule has 5 rings (SSSR count). The number of halogens is 1.